The number of aromatic amines is 1. The molecular formula is C28H32N2O6. The highest BCUT2D eigenvalue weighted by molar-refractivity contribution is 5.89. The fourth-order valence-corrected chi connectivity index (χ4v) is 4.61. The average molecular weight is 493 g/mol. The monoisotopic (exact) mass is 492 g/mol. The van der Waals surface area contributed by atoms with Crippen LogP contribution in [0.15, 0.2) is 59.4 Å². The second kappa shape index (κ2) is 12.3. The van der Waals surface area contributed by atoms with Gasteiger partial charge in [-0.1, -0.05) is 38.1 Å². The van der Waals surface area contributed by atoms with E-state index in [2.05, 4.69) is 36.3 Å². The van der Waals surface area contributed by atoms with Crippen LogP contribution in [0.5, 0.6) is 0 Å². The summed E-state index contributed by atoms with van der Waals surface area (Å²) in [6, 6.07) is 14.1. The van der Waals surface area contributed by atoms with Crippen LogP contribution >= 0.6 is 0 Å². The van der Waals surface area contributed by atoms with E-state index in [0.717, 1.165) is 42.1 Å². The summed E-state index contributed by atoms with van der Waals surface area (Å²) in [6.45, 7) is 4.94. The van der Waals surface area contributed by atoms with Gasteiger partial charge in [0.2, 0.25) is 5.56 Å². The molecule has 0 radical (unpaired) electrons. The summed E-state index contributed by atoms with van der Waals surface area (Å²) >= 11 is 0. The molecule has 1 aliphatic carbocycles. The van der Waals surface area contributed by atoms with Crippen LogP contribution in [0.4, 0.5) is 0 Å². The number of fused-ring (bicyclic) bond motifs is 2. The summed E-state index contributed by atoms with van der Waals surface area (Å²) < 4.78 is 0. The van der Waals surface area contributed by atoms with Crippen molar-refractivity contribution in [2.45, 2.75) is 51.7 Å². The maximum atomic E-state index is 11.5. The van der Waals surface area contributed by atoms with Gasteiger partial charge in [0.25, 0.3) is 0 Å². The van der Waals surface area contributed by atoms with Crippen molar-refractivity contribution in [1.29, 1.82) is 0 Å². The standard InChI is InChI=1S/C24H28N2O2.C4H4O4/c1-3-15-10-17-12-19(13-18(17)11-16(15)4-2)25-14-23(27)21-6-5-7-22-20(21)8-9-24(28)26-22;5-3(6)1-2-4(7)8/h5-11,19,23,25,27H,3-4,12-14H2,1-2H3,(H,26,28);1-2H,(H,5,6)(H,7,8)/t23-;/m0./s1. The van der Waals surface area contributed by atoms with E-state index >= 15 is 0 Å². The second-order valence-corrected chi connectivity index (χ2v) is 8.77. The number of nitrogens with one attached hydrogen (secondary N) is 2. The predicted octanol–water partition coefficient (Wildman–Crippen LogP) is 3.16. The minimum atomic E-state index is -1.26. The number of aliphatic hydroxyl groups excluding tert-OH is 1. The topological polar surface area (TPSA) is 140 Å². The molecule has 4 rings (SSSR count). The molecule has 0 fully saturated rings. The van der Waals surface area contributed by atoms with Crippen LogP contribution in [0.25, 0.3) is 10.9 Å². The molecule has 0 amide bonds. The van der Waals surface area contributed by atoms with Crippen LogP contribution in [0.2, 0.25) is 0 Å². The van der Waals surface area contributed by atoms with Gasteiger partial charge in [0.1, 0.15) is 0 Å². The number of aryl methyl sites for hydroxylation is 2. The number of pyridine rings is 1. The number of carboxylic acids is 2. The van der Waals surface area contributed by atoms with E-state index < -0.39 is 18.0 Å². The molecule has 2 aromatic carbocycles. The molecule has 1 aromatic heterocycles. The van der Waals surface area contributed by atoms with E-state index in [1.54, 1.807) is 6.07 Å². The maximum Gasteiger partial charge on any atom is 0.328 e. The van der Waals surface area contributed by atoms with Gasteiger partial charge in [0.05, 0.1) is 6.10 Å². The molecule has 1 aliphatic rings. The third-order valence-electron chi connectivity index (χ3n) is 6.34. The first-order valence-corrected chi connectivity index (χ1v) is 12.0. The highest BCUT2D eigenvalue weighted by atomic mass is 16.4. The number of carbonyl (C=O) groups is 2. The van der Waals surface area contributed by atoms with Gasteiger partial charge >= 0.3 is 11.9 Å². The Bertz CT molecular complexity index is 1280. The van der Waals surface area contributed by atoms with Gasteiger partial charge in [-0.15, -0.1) is 0 Å². The van der Waals surface area contributed by atoms with Crippen LogP contribution in [0, 0.1) is 0 Å². The molecule has 8 heteroatoms. The minimum Gasteiger partial charge on any atom is -0.478 e. The molecule has 3 aromatic rings. The lowest BCUT2D eigenvalue weighted by molar-refractivity contribution is -0.134. The van der Waals surface area contributed by atoms with Crippen molar-refractivity contribution in [3.8, 4) is 0 Å². The largest absolute Gasteiger partial charge is 0.478 e. The average Bonchev–Trinajstić information content (AvgIpc) is 3.26. The van der Waals surface area contributed by atoms with Crippen molar-refractivity contribution in [2.75, 3.05) is 6.54 Å². The maximum absolute atomic E-state index is 11.5. The van der Waals surface area contributed by atoms with Crippen molar-refractivity contribution >= 4 is 22.8 Å². The highest BCUT2D eigenvalue weighted by Crippen LogP contribution is 2.28. The Kier molecular flexibility index (Phi) is 9.16. The Morgan fingerprint density at radius 2 is 1.58 bits per heavy atom. The summed E-state index contributed by atoms with van der Waals surface area (Å²) in [5.41, 5.74) is 7.31. The highest BCUT2D eigenvalue weighted by Gasteiger charge is 2.23. The molecule has 0 aliphatic heterocycles. The first-order valence-electron chi connectivity index (χ1n) is 12.0. The third kappa shape index (κ3) is 6.90. The zero-order valence-corrected chi connectivity index (χ0v) is 20.5. The molecular weight excluding hydrogens is 460 g/mol. The van der Waals surface area contributed by atoms with Crippen molar-refractivity contribution in [3.05, 3.63) is 92.8 Å². The second-order valence-electron chi connectivity index (χ2n) is 8.77. The normalized spacial score (nSPS) is 13.9. The van der Waals surface area contributed by atoms with E-state index in [9.17, 15) is 19.5 Å². The van der Waals surface area contributed by atoms with Crippen LogP contribution in [0.1, 0.15) is 47.8 Å². The zero-order chi connectivity index (χ0) is 26.2. The summed E-state index contributed by atoms with van der Waals surface area (Å²) in [7, 11) is 0. The number of rotatable bonds is 8. The fourth-order valence-electron chi connectivity index (χ4n) is 4.61. The van der Waals surface area contributed by atoms with Gasteiger partial charge in [0, 0.05) is 41.7 Å². The summed E-state index contributed by atoms with van der Waals surface area (Å²) in [5, 5.41) is 30.9. The van der Waals surface area contributed by atoms with E-state index in [0.29, 0.717) is 24.7 Å². The van der Waals surface area contributed by atoms with Gasteiger partial charge in [-0.3, -0.25) is 4.79 Å². The summed E-state index contributed by atoms with van der Waals surface area (Å²) in [6.07, 6.45) is 4.69. The van der Waals surface area contributed by atoms with Crippen molar-refractivity contribution in [3.63, 3.8) is 0 Å². The fraction of sp³-hybridized carbons (Fsp3) is 0.321. The molecule has 0 unspecified atom stereocenters. The van der Waals surface area contributed by atoms with Gasteiger partial charge in [0.15, 0.2) is 0 Å². The van der Waals surface area contributed by atoms with Crippen LogP contribution in [-0.4, -0.2) is 44.8 Å². The Labute approximate surface area is 209 Å². The molecule has 36 heavy (non-hydrogen) atoms. The van der Waals surface area contributed by atoms with Crippen molar-refractivity contribution < 1.29 is 24.9 Å². The number of hydrogen-bond donors (Lipinski definition) is 5. The lowest BCUT2D eigenvalue weighted by Gasteiger charge is -2.18. The molecule has 1 atom stereocenters. The molecule has 190 valence electrons. The molecule has 0 spiro atoms. The number of carboxylic acid groups (broad SMARTS) is 2. The number of aliphatic hydroxyl groups is 1. The Hall–Kier alpha value is -3.75. The molecule has 0 bridgehead atoms. The van der Waals surface area contributed by atoms with E-state index in [-0.39, 0.29) is 5.56 Å². The Balaban J connectivity index is 0.000000392. The van der Waals surface area contributed by atoms with Crippen LogP contribution < -0.4 is 10.9 Å². The van der Waals surface area contributed by atoms with Crippen molar-refractivity contribution in [1.82, 2.24) is 10.3 Å². The number of benzene rings is 2. The minimum absolute atomic E-state index is 0.126. The number of aliphatic carboxylic acids is 2. The number of hydrogen-bond acceptors (Lipinski definition) is 5. The molecule has 0 saturated carbocycles. The summed E-state index contributed by atoms with van der Waals surface area (Å²) in [4.78, 5) is 33.5. The quantitative estimate of drug-likeness (QED) is 0.304. The van der Waals surface area contributed by atoms with Gasteiger partial charge < -0.3 is 25.6 Å². The smallest absolute Gasteiger partial charge is 0.328 e. The van der Waals surface area contributed by atoms with Crippen LogP contribution in [-0.2, 0) is 35.3 Å². The van der Waals surface area contributed by atoms with Gasteiger partial charge in [-0.2, -0.15) is 0 Å². The Morgan fingerprint density at radius 3 is 2.11 bits per heavy atom. The first-order chi connectivity index (χ1) is 17.2. The van der Waals surface area contributed by atoms with E-state index in [1.165, 1.54) is 28.3 Å². The number of aromatic nitrogens is 1. The van der Waals surface area contributed by atoms with E-state index in [4.69, 9.17) is 10.2 Å². The molecule has 8 nitrogen and oxygen atoms in total. The van der Waals surface area contributed by atoms with Gasteiger partial charge in [-0.05, 0) is 65.6 Å². The molecule has 0 saturated heterocycles. The lowest BCUT2D eigenvalue weighted by Crippen LogP contribution is -2.33. The van der Waals surface area contributed by atoms with Crippen LogP contribution in [0.3, 0.4) is 0 Å². The van der Waals surface area contributed by atoms with E-state index in [1.807, 2.05) is 18.2 Å². The molecule has 1 heterocycles. The molecule has 5 N–H and O–H groups in total. The number of H-pyrrole nitrogens is 1. The zero-order valence-electron chi connectivity index (χ0n) is 20.5. The SMILES string of the molecule is CCc1cc2c(cc1CC)CC(NC[C@H](O)c1cccc3[nH]c(=O)ccc13)C2.O=C(O)C=CC(=O)O. The lowest BCUT2D eigenvalue weighted by atomic mass is 9.97. The van der Waals surface area contributed by atoms with Gasteiger partial charge in [-0.25, -0.2) is 9.59 Å². The Morgan fingerprint density at radius 1 is 1.00 bits per heavy atom. The first kappa shape index (κ1) is 26.8. The van der Waals surface area contributed by atoms with Crippen molar-refractivity contribution in [2.24, 2.45) is 0 Å². The third-order valence-corrected chi connectivity index (χ3v) is 6.34. The summed E-state index contributed by atoms with van der Waals surface area (Å²) in [5.74, 6) is -2.51. The predicted molar refractivity (Wildman–Crippen MR) is 138 cm³/mol.